The zero-order valence-electron chi connectivity index (χ0n) is 16.6. The number of ether oxygens (including phenoxy) is 1. The van der Waals surface area contributed by atoms with Crippen LogP contribution in [0.4, 0.5) is 0 Å². The van der Waals surface area contributed by atoms with Crippen molar-refractivity contribution in [3.8, 4) is 5.75 Å². The fraction of sp³-hybridized carbons (Fsp3) is 0.550. The van der Waals surface area contributed by atoms with E-state index in [0.29, 0.717) is 5.75 Å². The van der Waals surface area contributed by atoms with Gasteiger partial charge in [0.05, 0.1) is 4.47 Å². The van der Waals surface area contributed by atoms with Crippen LogP contribution in [0.2, 0.25) is 0 Å². The van der Waals surface area contributed by atoms with Crippen LogP contribution >= 0.6 is 28.1 Å². The average Bonchev–Trinajstić information content (AvgIpc) is 2.65. The zero-order valence-corrected chi connectivity index (χ0v) is 19.0. The molecule has 1 aromatic rings. The Morgan fingerprint density at radius 2 is 1.86 bits per heavy atom. The van der Waals surface area contributed by atoms with Crippen molar-refractivity contribution in [3.05, 3.63) is 28.2 Å². The minimum absolute atomic E-state index is 0.000884. The van der Waals surface area contributed by atoms with Crippen LogP contribution in [0.25, 0.3) is 0 Å². The number of hydrogen-bond donors (Lipinski definition) is 3. The van der Waals surface area contributed by atoms with Gasteiger partial charge in [0.25, 0.3) is 5.91 Å². The Morgan fingerprint density at radius 3 is 2.46 bits per heavy atom. The van der Waals surface area contributed by atoms with Gasteiger partial charge in [0.2, 0.25) is 5.91 Å². The van der Waals surface area contributed by atoms with E-state index >= 15 is 0 Å². The first-order chi connectivity index (χ1) is 13.2. The van der Waals surface area contributed by atoms with Crippen LogP contribution < -0.4 is 20.9 Å². The third kappa shape index (κ3) is 7.05. The molecule has 1 fully saturated rings. The maximum Gasteiger partial charge on any atom is 0.276 e. The number of hydrazine groups is 1. The topological polar surface area (TPSA) is 79.5 Å². The van der Waals surface area contributed by atoms with Crippen molar-refractivity contribution in [2.75, 3.05) is 6.61 Å². The van der Waals surface area contributed by atoms with E-state index < -0.39 is 5.91 Å². The Kier molecular flexibility index (Phi) is 8.24. The smallest absolute Gasteiger partial charge is 0.276 e. The number of rotatable bonds is 4. The molecule has 0 heterocycles. The van der Waals surface area contributed by atoms with Crippen molar-refractivity contribution in [1.29, 1.82) is 0 Å². The van der Waals surface area contributed by atoms with Crippen LogP contribution in [0.3, 0.4) is 0 Å². The summed E-state index contributed by atoms with van der Waals surface area (Å²) in [7, 11) is 0. The van der Waals surface area contributed by atoms with Crippen molar-refractivity contribution in [1.82, 2.24) is 16.2 Å². The molecular weight excluding hydrogens is 442 g/mol. The Labute approximate surface area is 180 Å². The van der Waals surface area contributed by atoms with Gasteiger partial charge in [-0.05, 0) is 64.1 Å². The number of thiocarbonyl (C=S) groups is 1. The Morgan fingerprint density at radius 1 is 1.18 bits per heavy atom. The molecule has 8 heteroatoms. The quantitative estimate of drug-likeness (QED) is 0.462. The molecule has 0 saturated heterocycles. The molecule has 0 spiro atoms. The van der Waals surface area contributed by atoms with Gasteiger partial charge in [0.15, 0.2) is 11.7 Å². The van der Waals surface area contributed by atoms with Gasteiger partial charge in [0, 0.05) is 5.92 Å². The first-order valence-corrected chi connectivity index (χ1v) is 10.7. The van der Waals surface area contributed by atoms with E-state index in [-0.39, 0.29) is 29.0 Å². The highest BCUT2D eigenvalue weighted by Gasteiger charge is 2.21. The van der Waals surface area contributed by atoms with Gasteiger partial charge in [-0.3, -0.25) is 20.4 Å². The van der Waals surface area contributed by atoms with Crippen LogP contribution in [-0.2, 0) is 15.0 Å². The predicted molar refractivity (Wildman–Crippen MR) is 117 cm³/mol. The molecule has 154 valence electrons. The summed E-state index contributed by atoms with van der Waals surface area (Å²) in [5.74, 6) is 0.0870. The van der Waals surface area contributed by atoms with Crippen LogP contribution in [0.5, 0.6) is 5.75 Å². The Bertz CT molecular complexity index is 728. The lowest BCUT2D eigenvalue weighted by atomic mass is 9.87. The van der Waals surface area contributed by atoms with Gasteiger partial charge < -0.3 is 10.1 Å². The Balaban J connectivity index is 1.73. The molecule has 1 aliphatic carbocycles. The molecule has 0 atom stereocenters. The standard InChI is InChI=1S/C20H28BrN3O3S/c1-20(2,3)14-9-10-16(15(21)11-14)27-12-17(25)23-24-19(28)22-18(26)13-7-5-4-6-8-13/h9-11,13H,4-8,12H2,1-3H3,(H,23,25)(H2,22,24,26,28). The fourth-order valence-corrected chi connectivity index (χ4v) is 3.65. The zero-order chi connectivity index (χ0) is 20.7. The normalized spacial score (nSPS) is 14.9. The Hall–Kier alpha value is -1.67. The predicted octanol–water partition coefficient (Wildman–Crippen LogP) is 3.73. The molecule has 0 bridgehead atoms. The molecule has 0 aromatic heterocycles. The first-order valence-electron chi connectivity index (χ1n) is 9.49. The first kappa shape index (κ1) is 22.6. The van der Waals surface area contributed by atoms with Gasteiger partial charge >= 0.3 is 0 Å². The van der Waals surface area contributed by atoms with Crippen LogP contribution in [0.15, 0.2) is 22.7 Å². The van der Waals surface area contributed by atoms with Crippen molar-refractivity contribution in [3.63, 3.8) is 0 Å². The van der Waals surface area contributed by atoms with Crippen molar-refractivity contribution in [2.45, 2.75) is 58.3 Å². The second-order valence-corrected chi connectivity index (χ2v) is 9.27. The molecule has 28 heavy (non-hydrogen) atoms. The van der Waals surface area contributed by atoms with Crippen LogP contribution in [0.1, 0.15) is 58.4 Å². The summed E-state index contributed by atoms with van der Waals surface area (Å²) in [5, 5.41) is 2.71. The number of benzene rings is 1. The summed E-state index contributed by atoms with van der Waals surface area (Å²) in [6, 6.07) is 5.80. The summed E-state index contributed by atoms with van der Waals surface area (Å²) in [5.41, 5.74) is 6.16. The SMILES string of the molecule is CC(C)(C)c1ccc(OCC(=O)NNC(=S)NC(=O)C2CCCCC2)c(Br)c1. The van der Waals surface area contributed by atoms with Gasteiger partial charge in [0.1, 0.15) is 5.75 Å². The fourth-order valence-electron chi connectivity index (χ4n) is 3.00. The largest absolute Gasteiger partial charge is 0.483 e. The van der Waals surface area contributed by atoms with E-state index in [2.05, 4.69) is 52.9 Å². The third-order valence-corrected chi connectivity index (χ3v) is 5.51. The van der Waals surface area contributed by atoms with Crippen LogP contribution in [0, 0.1) is 5.92 Å². The second-order valence-electron chi connectivity index (χ2n) is 8.01. The molecule has 3 N–H and O–H groups in total. The lowest BCUT2D eigenvalue weighted by molar-refractivity contribution is -0.125. The lowest BCUT2D eigenvalue weighted by Crippen LogP contribution is -2.50. The highest BCUT2D eigenvalue weighted by molar-refractivity contribution is 9.10. The summed E-state index contributed by atoms with van der Waals surface area (Å²) in [6.45, 7) is 6.21. The van der Waals surface area contributed by atoms with Crippen LogP contribution in [-0.4, -0.2) is 23.5 Å². The molecular formula is C20H28BrN3O3S. The second kappa shape index (κ2) is 10.2. The number of carbonyl (C=O) groups is 2. The number of carbonyl (C=O) groups excluding carboxylic acids is 2. The summed E-state index contributed by atoms with van der Waals surface area (Å²) in [6.07, 6.45) is 5.09. The molecule has 0 aliphatic heterocycles. The molecule has 2 rings (SSSR count). The summed E-state index contributed by atoms with van der Waals surface area (Å²) in [4.78, 5) is 24.1. The van der Waals surface area contributed by atoms with Gasteiger partial charge in [-0.25, -0.2) is 0 Å². The maximum absolute atomic E-state index is 12.1. The van der Waals surface area contributed by atoms with E-state index in [1.54, 1.807) is 0 Å². The molecule has 1 aliphatic rings. The van der Waals surface area contributed by atoms with Crippen molar-refractivity contribution >= 4 is 45.1 Å². The number of halogens is 1. The van der Waals surface area contributed by atoms with E-state index in [9.17, 15) is 9.59 Å². The highest BCUT2D eigenvalue weighted by atomic mass is 79.9. The van der Waals surface area contributed by atoms with Crippen molar-refractivity contribution in [2.24, 2.45) is 5.92 Å². The number of hydrogen-bond acceptors (Lipinski definition) is 4. The molecule has 0 unspecified atom stereocenters. The third-order valence-electron chi connectivity index (χ3n) is 4.68. The van der Waals surface area contributed by atoms with Gasteiger partial charge in [-0.2, -0.15) is 0 Å². The lowest BCUT2D eigenvalue weighted by Gasteiger charge is -2.21. The van der Waals surface area contributed by atoms with E-state index in [4.69, 9.17) is 17.0 Å². The average molecular weight is 470 g/mol. The maximum atomic E-state index is 12.1. The van der Waals surface area contributed by atoms with E-state index in [1.165, 1.54) is 6.42 Å². The molecule has 1 aromatic carbocycles. The number of amides is 2. The molecule has 1 saturated carbocycles. The van der Waals surface area contributed by atoms with E-state index in [1.807, 2.05) is 18.2 Å². The summed E-state index contributed by atoms with van der Waals surface area (Å²) < 4.78 is 6.33. The molecule has 6 nitrogen and oxygen atoms in total. The highest BCUT2D eigenvalue weighted by Crippen LogP contribution is 2.31. The van der Waals surface area contributed by atoms with Gasteiger partial charge in [-0.15, -0.1) is 0 Å². The minimum atomic E-state index is -0.402. The van der Waals surface area contributed by atoms with Gasteiger partial charge in [-0.1, -0.05) is 46.1 Å². The summed E-state index contributed by atoms with van der Waals surface area (Å²) >= 11 is 8.54. The minimum Gasteiger partial charge on any atom is -0.483 e. The number of nitrogens with one attached hydrogen (secondary N) is 3. The monoisotopic (exact) mass is 469 g/mol. The molecule has 0 radical (unpaired) electrons. The van der Waals surface area contributed by atoms with E-state index in [0.717, 1.165) is 35.7 Å². The van der Waals surface area contributed by atoms with Crippen molar-refractivity contribution < 1.29 is 14.3 Å². The molecule has 2 amide bonds.